The van der Waals surface area contributed by atoms with Gasteiger partial charge in [-0.15, -0.1) is 0 Å². The zero-order chi connectivity index (χ0) is 56.9. The van der Waals surface area contributed by atoms with Gasteiger partial charge in [0.05, 0.1) is 19.8 Å². The van der Waals surface area contributed by atoms with E-state index >= 15 is 0 Å². The lowest BCUT2D eigenvalue weighted by Gasteiger charge is -2.21. The molecule has 0 aromatic carbocycles. The molecule has 0 aliphatic heterocycles. The van der Waals surface area contributed by atoms with Crippen molar-refractivity contribution in [1.29, 1.82) is 0 Å². The van der Waals surface area contributed by atoms with Crippen molar-refractivity contribution in [2.24, 2.45) is 0 Å². The molecule has 452 valence electrons. The largest absolute Gasteiger partial charge is 0.472 e. The number of allylic oxidation sites excluding steroid dienone is 12. The van der Waals surface area contributed by atoms with E-state index in [2.05, 4.69) is 93.7 Å². The average molecular weight is 1120 g/mol. The van der Waals surface area contributed by atoms with Crippen LogP contribution in [0.3, 0.4) is 0 Å². The maximum absolute atomic E-state index is 13.0. The van der Waals surface area contributed by atoms with Crippen LogP contribution in [0.2, 0.25) is 0 Å². The summed E-state index contributed by atoms with van der Waals surface area (Å²) in [5.74, 6) is -1.48. The van der Waals surface area contributed by atoms with E-state index in [4.69, 9.17) is 23.3 Å². The highest BCUT2D eigenvalue weighted by molar-refractivity contribution is 7.47. The number of aliphatic hydroxyl groups excluding tert-OH is 1. The number of hydrogen-bond donors (Lipinski definition) is 2. The fourth-order valence-corrected chi connectivity index (χ4v) is 9.47. The van der Waals surface area contributed by atoms with Gasteiger partial charge in [-0.2, -0.15) is 0 Å². The minimum absolute atomic E-state index is 0.159. The zero-order valence-corrected chi connectivity index (χ0v) is 51.0. The summed E-state index contributed by atoms with van der Waals surface area (Å²) in [6.45, 7) is 4.58. The second-order valence-electron chi connectivity index (χ2n) is 21.2. The van der Waals surface area contributed by atoms with E-state index in [1.807, 2.05) is 0 Å². The van der Waals surface area contributed by atoms with Crippen LogP contribution in [0.1, 0.15) is 290 Å². The Morgan fingerprint density at radius 3 is 0.949 bits per heavy atom. The molecule has 11 nitrogen and oxygen atoms in total. The molecule has 0 aliphatic carbocycles. The Bertz CT molecular complexity index is 1590. The van der Waals surface area contributed by atoms with E-state index in [-0.39, 0.29) is 25.9 Å². The molecule has 0 bridgehead atoms. The molecule has 0 rings (SSSR count). The third-order valence-electron chi connectivity index (χ3n) is 13.6. The molecular formula is C66H117O11P. The first-order chi connectivity index (χ1) is 38.2. The highest BCUT2D eigenvalue weighted by Crippen LogP contribution is 2.43. The van der Waals surface area contributed by atoms with Crippen molar-refractivity contribution in [2.75, 3.05) is 26.4 Å². The van der Waals surface area contributed by atoms with Gasteiger partial charge in [0.1, 0.15) is 12.7 Å². The molecule has 78 heavy (non-hydrogen) atoms. The number of rotatable bonds is 59. The third-order valence-corrected chi connectivity index (χ3v) is 14.5. The number of carbonyl (C=O) groups excluding carboxylic acids is 3. The Hall–Kier alpha value is -3.08. The van der Waals surface area contributed by atoms with Gasteiger partial charge in [0.25, 0.3) is 0 Å². The van der Waals surface area contributed by atoms with Gasteiger partial charge in [0.15, 0.2) is 6.10 Å². The van der Waals surface area contributed by atoms with E-state index in [1.54, 1.807) is 0 Å². The van der Waals surface area contributed by atoms with Crippen LogP contribution in [-0.4, -0.2) is 66.5 Å². The summed E-state index contributed by atoms with van der Waals surface area (Å²) in [6, 6.07) is 0. The van der Waals surface area contributed by atoms with E-state index in [9.17, 15) is 28.9 Å². The lowest BCUT2D eigenvalue weighted by Crippen LogP contribution is -2.30. The van der Waals surface area contributed by atoms with Crippen molar-refractivity contribution in [3.8, 4) is 0 Å². The van der Waals surface area contributed by atoms with Crippen LogP contribution in [0.5, 0.6) is 0 Å². The van der Waals surface area contributed by atoms with Crippen LogP contribution < -0.4 is 0 Å². The summed E-state index contributed by atoms with van der Waals surface area (Å²) in [6.07, 6.45) is 68.4. The van der Waals surface area contributed by atoms with Crippen molar-refractivity contribution >= 4 is 25.7 Å². The average Bonchev–Trinajstić information content (AvgIpc) is 3.43. The summed E-state index contributed by atoms with van der Waals surface area (Å²) < 4.78 is 39.7. The lowest BCUT2D eigenvalue weighted by atomic mass is 10.1. The Morgan fingerprint density at radius 1 is 0.359 bits per heavy atom. The number of unbranched alkanes of at least 4 members (excludes halogenated alkanes) is 30. The first-order valence-corrected chi connectivity index (χ1v) is 33.3. The van der Waals surface area contributed by atoms with Crippen LogP contribution in [0.25, 0.3) is 0 Å². The van der Waals surface area contributed by atoms with E-state index in [0.29, 0.717) is 19.3 Å². The number of esters is 3. The molecular weight excluding hydrogens is 1000 g/mol. The van der Waals surface area contributed by atoms with Crippen molar-refractivity contribution in [3.63, 3.8) is 0 Å². The zero-order valence-electron chi connectivity index (χ0n) is 50.1. The van der Waals surface area contributed by atoms with Crippen LogP contribution in [0.4, 0.5) is 0 Å². The van der Waals surface area contributed by atoms with Crippen molar-refractivity contribution in [2.45, 2.75) is 303 Å². The summed E-state index contributed by atoms with van der Waals surface area (Å²) >= 11 is 0. The SMILES string of the molecule is CCCCC/C=C\C/C=C\CCCCCCCCCCCC(=O)OC(COC(=O)CCCCCCCCC/C=C\C/C=C\CCCCC)COP(=O)(O)OCC(CO)OC(=O)CCCCCCC/C=C\C/C=C\CCCCC. The topological polar surface area (TPSA) is 155 Å². The third kappa shape index (κ3) is 57.6. The normalized spacial score (nSPS) is 13.8. The molecule has 2 N–H and O–H groups in total. The van der Waals surface area contributed by atoms with Gasteiger partial charge in [-0.05, 0) is 116 Å². The van der Waals surface area contributed by atoms with Crippen LogP contribution in [0.15, 0.2) is 72.9 Å². The quantitative estimate of drug-likeness (QED) is 0.0197. The van der Waals surface area contributed by atoms with Gasteiger partial charge in [0, 0.05) is 19.3 Å². The molecule has 0 heterocycles. The molecule has 3 atom stereocenters. The smallest absolute Gasteiger partial charge is 0.462 e. The summed E-state index contributed by atoms with van der Waals surface area (Å²) in [4.78, 5) is 48.7. The Labute approximate surface area is 478 Å². The Kier molecular flexibility index (Phi) is 57.7. The van der Waals surface area contributed by atoms with E-state index in [1.165, 1.54) is 122 Å². The lowest BCUT2D eigenvalue weighted by molar-refractivity contribution is -0.161. The van der Waals surface area contributed by atoms with Crippen molar-refractivity contribution in [3.05, 3.63) is 72.9 Å². The Morgan fingerprint density at radius 2 is 0.628 bits per heavy atom. The van der Waals surface area contributed by atoms with Gasteiger partial charge in [-0.1, -0.05) is 229 Å². The molecule has 3 unspecified atom stereocenters. The molecule has 0 fully saturated rings. The first kappa shape index (κ1) is 74.9. The predicted octanol–water partition coefficient (Wildman–Crippen LogP) is 19.3. The van der Waals surface area contributed by atoms with Crippen LogP contribution in [0, 0.1) is 0 Å². The van der Waals surface area contributed by atoms with E-state index < -0.39 is 57.8 Å². The highest BCUT2D eigenvalue weighted by atomic mass is 31.2. The number of phosphoric acid groups is 1. The van der Waals surface area contributed by atoms with Crippen LogP contribution in [-0.2, 0) is 42.2 Å². The molecule has 0 aromatic rings. The summed E-state index contributed by atoms with van der Waals surface area (Å²) in [5, 5.41) is 9.84. The molecule has 0 radical (unpaired) electrons. The Balaban J connectivity index is 4.73. The predicted molar refractivity (Wildman–Crippen MR) is 325 cm³/mol. The standard InChI is InChI=1S/C66H117O11P/c1-4-7-10-13-16-19-22-25-28-30-31-33-36-39-42-45-48-51-54-57-66(70)77-63(59-73-64(68)55-52-49-46-43-40-37-35-32-29-26-23-20-17-14-11-8-5-2)61-75-78(71,72)74-60-62(58-67)76-65(69)56-53-50-47-44-41-38-34-27-24-21-18-15-12-9-6-3/h16-21,25-29,34,62-63,67H,4-15,22-24,30-33,35-61H2,1-3H3,(H,71,72)/b19-16-,20-17-,21-18-,28-25-,29-26-,34-27-. The van der Waals surface area contributed by atoms with Crippen molar-refractivity contribution in [1.82, 2.24) is 0 Å². The minimum Gasteiger partial charge on any atom is -0.462 e. The van der Waals surface area contributed by atoms with Crippen LogP contribution >= 0.6 is 7.82 Å². The molecule has 0 aromatic heterocycles. The number of ether oxygens (including phenoxy) is 3. The number of phosphoric ester groups is 1. The van der Waals surface area contributed by atoms with Gasteiger partial charge >= 0.3 is 25.7 Å². The fourth-order valence-electron chi connectivity index (χ4n) is 8.68. The van der Waals surface area contributed by atoms with Gasteiger partial charge < -0.3 is 24.2 Å². The first-order valence-electron chi connectivity index (χ1n) is 31.8. The monoisotopic (exact) mass is 1120 g/mol. The number of hydrogen-bond acceptors (Lipinski definition) is 10. The van der Waals surface area contributed by atoms with E-state index in [0.717, 1.165) is 109 Å². The molecule has 0 spiro atoms. The molecule has 0 aliphatic rings. The molecule has 12 heteroatoms. The number of carbonyl (C=O) groups is 3. The second kappa shape index (κ2) is 60.0. The summed E-state index contributed by atoms with van der Waals surface area (Å²) in [7, 11) is -4.76. The van der Waals surface area contributed by atoms with Crippen molar-refractivity contribution < 1.29 is 52.2 Å². The fraction of sp³-hybridized carbons (Fsp3) is 0.773. The molecule has 0 saturated carbocycles. The maximum Gasteiger partial charge on any atom is 0.472 e. The second-order valence-corrected chi connectivity index (χ2v) is 22.7. The highest BCUT2D eigenvalue weighted by Gasteiger charge is 2.28. The number of aliphatic hydroxyl groups is 1. The summed E-state index contributed by atoms with van der Waals surface area (Å²) in [5.41, 5.74) is 0. The van der Waals surface area contributed by atoms with Gasteiger partial charge in [0.2, 0.25) is 0 Å². The maximum atomic E-state index is 13.0. The van der Waals surface area contributed by atoms with Gasteiger partial charge in [-0.3, -0.25) is 23.4 Å². The minimum atomic E-state index is -4.76. The molecule has 0 saturated heterocycles. The molecule has 0 amide bonds. The van der Waals surface area contributed by atoms with Gasteiger partial charge in [-0.25, -0.2) is 4.57 Å².